The van der Waals surface area contributed by atoms with Crippen LogP contribution < -0.4 is 5.32 Å². The number of ether oxygens (including phenoxy) is 1. The number of carboxylic acids is 1. The fraction of sp³-hybridized carbons (Fsp3) is 0.444. The number of carbonyl (C=O) groups is 4. The van der Waals surface area contributed by atoms with Gasteiger partial charge < -0.3 is 19.8 Å². The molecule has 1 heterocycles. The minimum absolute atomic E-state index is 0.0973. The summed E-state index contributed by atoms with van der Waals surface area (Å²) in [5, 5.41) is 21.0. The molecule has 0 saturated carbocycles. The first-order chi connectivity index (χ1) is 13.2. The van der Waals surface area contributed by atoms with Crippen molar-refractivity contribution in [2.24, 2.45) is 0 Å². The molecule has 152 valence electrons. The van der Waals surface area contributed by atoms with E-state index in [1.165, 1.54) is 14.0 Å². The summed E-state index contributed by atoms with van der Waals surface area (Å²) in [6.07, 6.45) is -2.17. The molecule has 28 heavy (non-hydrogen) atoms. The standard InChI is InChI=1S/C18H23N3O7/c1-11(15(22)21-14(28-18(26)27)10-20(2)17(21)25)19-13(16(23)24)9-8-12-6-4-3-5-7-12/h3-7,11,13-14,19H,8-10H2,1-2H3,(H,23,24)(H,26,27)/t11-,13-,14-/m0/s1. The summed E-state index contributed by atoms with van der Waals surface area (Å²) < 4.78 is 4.61. The lowest BCUT2D eigenvalue weighted by Gasteiger charge is -2.25. The summed E-state index contributed by atoms with van der Waals surface area (Å²) in [5.41, 5.74) is 0.959. The highest BCUT2D eigenvalue weighted by Crippen LogP contribution is 2.17. The van der Waals surface area contributed by atoms with Crippen LogP contribution in [0.15, 0.2) is 30.3 Å². The van der Waals surface area contributed by atoms with Crippen LogP contribution in [-0.2, 0) is 20.7 Å². The highest BCUT2D eigenvalue weighted by molar-refractivity contribution is 5.98. The van der Waals surface area contributed by atoms with E-state index in [4.69, 9.17) is 5.11 Å². The average Bonchev–Trinajstić information content (AvgIpc) is 2.91. The molecule has 1 fully saturated rings. The molecular weight excluding hydrogens is 370 g/mol. The molecule has 1 aromatic rings. The number of aliphatic carboxylic acids is 1. The van der Waals surface area contributed by atoms with Crippen LogP contribution in [0.5, 0.6) is 0 Å². The number of nitrogens with one attached hydrogen (secondary N) is 1. The van der Waals surface area contributed by atoms with Crippen LogP contribution in [0.3, 0.4) is 0 Å². The summed E-state index contributed by atoms with van der Waals surface area (Å²) in [6, 6.07) is 6.55. The van der Waals surface area contributed by atoms with Gasteiger partial charge in [0.2, 0.25) is 6.23 Å². The van der Waals surface area contributed by atoms with Gasteiger partial charge in [0.05, 0.1) is 12.6 Å². The van der Waals surface area contributed by atoms with Crippen molar-refractivity contribution >= 4 is 24.1 Å². The molecule has 0 radical (unpaired) electrons. The van der Waals surface area contributed by atoms with Crippen molar-refractivity contribution in [3.63, 3.8) is 0 Å². The maximum absolute atomic E-state index is 12.7. The largest absolute Gasteiger partial charge is 0.507 e. The third kappa shape index (κ3) is 5.19. The van der Waals surface area contributed by atoms with Gasteiger partial charge in [-0.2, -0.15) is 0 Å². The zero-order valence-corrected chi connectivity index (χ0v) is 15.6. The lowest BCUT2D eigenvalue weighted by molar-refractivity contribution is -0.141. The zero-order chi connectivity index (χ0) is 20.8. The van der Waals surface area contributed by atoms with Gasteiger partial charge in [-0.25, -0.2) is 14.5 Å². The first kappa shape index (κ1) is 21.2. The average molecular weight is 393 g/mol. The first-order valence-electron chi connectivity index (χ1n) is 8.71. The predicted molar refractivity (Wildman–Crippen MR) is 96.6 cm³/mol. The Morgan fingerprint density at radius 3 is 2.46 bits per heavy atom. The number of aryl methyl sites for hydroxylation is 1. The molecular formula is C18H23N3O7. The van der Waals surface area contributed by atoms with Crippen molar-refractivity contribution in [3.05, 3.63) is 35.9 Å². The highest BCUT2D eigenvalue weighted by Gasteiger charge is 2.44. The molecule has 1 aliphatic heterocycles. The molecule has 10 nitrogen and oxygen atoms in total. The number of urea groups is 1. The Kier molecular flexibility index (Phi) is 6.94. The third-order valence-electron chi connectivity index (χ3n) is 4.41. The van der Waals surface area contributed by atoms with Crippen molar-refractivity contribution in [2.45, 2.75) is 38.1 Å². The summed E-state index contributed by atoms with van der Waals surface area (Å²) in [7, 11) is 1.41. The fourth-order valence-corrected chi connectivity index (χ4v) is 2.96. The topological polar surface area (TPSA) is 136 Å². The van der Waals surface area contributed by atoms with Crippen LogP contribution in [0, 0.1) is 0 Å². The Balaban J connectivity index is 2.03. The van der Waals surface area contributed by atoms with Gasteiger partial charge in [0.25, 0.3) is 5.91 Å². The number of amides is 3. The van der Waals surface area contributed by atoms with Crippen LogP contribution in [0.1, 0.15) is 18.9 Å². The van der Waals surface area contributed by atoms with E-state index < -0.39 is 42.4 Å². The first-order valence-corrected chi connectivity index (χ1v) is 8.71. The van der Waals surface area contributed by atoms with Crippen LogP contribution >= 0.6 is 0 Å². The third-order valence-corrected chi connectivity index (χ3v) is 4.41. The van der Waals surface area contributed by atoms with Crippen LogP contribution in [-0.4, -0.2) is 76.0 Å². The number of nitrogens with zero attached hydrogens (tertiary/aromatic N) is 2. The number of benzene rings is 1. The van der Waals surface area contributed by atoms with E-state index in [2.05, 4.69) is 10.1 Å². The van der Waals surface area contributed by atoms with E-state index in [1.807, 2.05) is 30.3 Å². The fourth-order valence-electron chi connectivity index (χ4n) is 2.96. The summed E-state index contributed by atoms with van der Waals surface area (Å²) in [6.45, 7) is 1.32. The Morgan fingerprint density at radius 1 is 1.25 bits per heavy atom. The maximum Gasteiger partial charge on any atom is 0.507 e. The van der Waals surface area contributed by atoms with E-state index in [0.717, 1.165) is 10.5 Å². The van der Waals surface area contributed by atoms with Crippen molar-refractivity contribution in [1.82, 2.24) is 15.1 Å². The molecule has 0 aliphatic carbocycles. The quantitative estimate of drug-likeness (QED) is 0.556. The van der Waals surface area contributed by atoms with Crippen LogP contribution in [0.25, 0.3) is 0 Å². The minimum Gasteiger partial charge on any atom is -0.480 e. The number of hydrogen-bond acceptors (Lipinski definition) is 6. The Morgan fingerprint density at radius 2 is 1.89 bits per heavy atom. The highest BCUT2D eigenvalue weighted by atomic mass is 16.7. The smallest absolute Gasteiger partial charge is 0.480 e. The molecule has 0 bridgehead atoms. The number of carbonyl (C=O) groups excluding carboxylic acids is 2. The van der Waals surface area contributed by atoms with E-state index in [0.29, 0.717) is 11.3 Å². The Labute approximate surface area is 161 Å². The normalized spacial score (nSPS) is 18.6. The predicted octanol–water partition coefficient (Wildman–Crippen LogP) is 0.965. The number of hydrogen-bond donors (Lipinski definition) is 3. The summed E-state index contributed by atoms with van der Waals surface area (Å²) in [5.74, 6) is -1.88. The molecule has 10 heteroatoms. The molecule has 0 unspecified atom stereocenters. The SMILES string of the molecule is C[C@H](N[C@@H](CCc1ccccc1)C(=O)O)C(=O)N1C(=O)N(C)C[C@@H]1OC(=O)O. The lowest BCUT2D eigenvalue weighted by atomic mass is 10.0. The molecule has 1 aromatic carbocycles. The van der Waals surface area contributed by atoms with E-state index in [1.54, 1.807) is 0 Å². The number of rotatable bonds is 8. The van der Waals surface area contributed by atoms with Gasteiger partial charge in [-0.05, 0) is 25.3 Å². The number of carboxylic acid groups (broad SMARTS) is 2. The lowest BCUT2D eigenvalue weighted by Crippen LogP contribution is -2.53. The molecule has 2 rings (SSSR count). The van der Waals surface area contributed by atoms with Crippen molar-refractivity contribution in [1.29, 1.82) is 0 Å². The molecule has 3 atom stereocenters. The van der Waals surface area contributed by atoms with Gasteiger partial charge in [-0.3, -0.25) is 14.9 Å². The Hall–Kier alpha value is -3.14. The molecule has 3 amide bonds. The summed E-state index contributed by atoms with van der Waals surface area (Å²) >= 11 is 0. The second kappa shape index (κ2) is 9.18. The van der Waals surface area contributed by atoms with Gasteiger partial charge >= 0.3 is 18.2 Å². The second-order valence-electron chi connectivity index (χ2n) is 6.51. The van der Waals surface area contributed by atoms with Crippen molar-refractivity contribution in [2.75, 3.05) is 13.6 Å². The van der Waals surface area contributed by atoms with Crippen molar-refractivity contribution in [3.8, 4) is 0 Å². The van der Waals surface area contributed by atoms with Gasteiger partial charge in [-0.1, -0.05) is 30.3 Å². The van der Waals surface area contributed by atoms with Gasteiger partial charge in [0.1, 0.15) is 6.04 Å². The summed E-state index contributed by atoms with van der Waals surface area (Å²) in [4.78, 5) is 49.1. The Bertz CT molecular complexity index is 740. The molecule has 3 N–H and O–H groups in total. The number of likely N-dealkylation sites (N-methyl/N-ethyl adjacent to an activating group) is 1. The van der Waals surface area contributed by atoms with Crippen LogP contribution in [0.4, 0.5) is 9.59 Å². The van der Waals surface area contributed by atoms with E-state index >= 15 is 0 Å². The monoisotopic (exact) mass is 393 g/mol. The van der Waals surface area contributed by atoms with Gasteiger partial charge in [-0.15, -0.1) is 0 Å². The van der Waals surface area contributed by atoms with Crippen LogP contribution in [0.2, 0.25) is 0 Å². The van der Waals surface area contributed by atoms with Gasteiger partial charge in [0.15, 0.2) is 0 Å². The van der Waals surface area contributed by atoms with E-state index in [9.17, 15) is 24.3 Å². The maximum atomic E-state index is 12.7. The van der Waals surface area contributed by atoms with E-state index in [-0.39, 0.29) is 13.0 Å². The molecule has 1 saturated heterocycles. The minimum atomic E-state index is -1.61. The zero-order valence-electron chi connectivity index (χ0n) is 15.6. The van der Waals surface area contributed by atoms with Crippen molar-refractivity contribution < 1.29 is 34.1 Å². The molecule has 1 aliphatic rings. The molecule has 0 spiro atoms. The molecule has 0 aromatic heterocycles. The van der Waals surface area contributed by atoms with Gasteiger partial charge in [0, 0.05) is 7.05 Å². The number of imide groups is 1. The second-order valence-corrected chi connectivity index (χ2v) is 6.51.